The zero-order valence-electron chi connectivity index (χ0n) is 11.2. The number of halogens is 1. The van der Waals surface area contributed by atoms with E-state index in [4.69, 9.17) is 26.8 Å². The van der Waals surface area contributed by atoms with Gasteiger partial charge in [0.15, 0.2) is 0 Å². The molecule has 1 aliphatic heterocycles. The van der Waals surface area contributed by atoms with Gasteiger partial charge in [-0.2, -0.15) is 0 Å². The maximum atomic E-state index is 12.2. The number of rotatable bonds is 2. The summed E-state index contributed by atoms with van der Waals surface area (Å²) < 4.78 is 11.4. The van der Waals surface area contributed by atoms with Crippen molar-refractivity contribution in [2.24, 2.45) is 0 Å². The van der Waals surface area contributed by atoms with E-state index in [-0.39, 0.29) is 17.7 Å². The highest BCUT2D eigenvalue weighted by molar-refractivity contribution is 6.31. The molecule has 1 atom stereocenters. The number of esters is 1. The highest BCUT2D eigenvalue weighted by atomic mass is 35.5. The van der Waals surface area contributed by atoms with Crippen LogP contribution >= 0.6 is 11.6 Å². The molecule has 2 N–H and O–H groups in total. The first-order valence-electron chi connectivity index (χ1n) is 6.97. The van der Waals surface area contributed by atoms with E-state index < -0.39 is 0 Å². The Morgan fingerprint density at radius 3 is 2.85 bits per heavy atom. The van der Waals surface area contributed by atoms with Crippen molar-refractivity contribution >= 4 is 23.3 Å². The highest BCUT2D eigenvalue weighted by Crippen LogP contribution is 2.43. The van der Waals surface area contributed by atoms with Crippen LogP contribution < -0.4 is 5.73 Å². The summed E-state index contributed by atoms with van der Waals surface area (Å²) in [5.41, 5.74) is 6.53. The predicted octanol–water partition coefficient (Wildman–Crippen LogP) is 3.18. The molecule has 1 heterocycles. The number of anilines is 1. The Morgan fingerprint density at radius 2 is 2.20 bits per heavy atom. The van der Waals surface area contributed by atoms with Crippen molar-refractivity contribution in [3.05, 3.63) is 28.8 Å². The van der Waals surface area contributed by atoms with Gasteiger partial charge in [0.2, 0.25) is 0 Å². The van der Waals surface area contributed by atoms with Crippen molar-refractivity contribution < 1.29 is 14.3 Å². The number of hydrogen-bond acceptors (Lipinski definition) is 4. The van der Waals surface area contributed by atoms with Crippen molar-refractivity contribution in [1.29, 1.82) is 0 Å². The molecule has 1 saturated carbocycles. The Bertz CT molecular complexity index is 508. The maximum Gasteiger partial charge on any atom is 0.338 e. The molecule has 0 aromatic heterocycles. The van der Waals surface area contributed by atoms with E-state index in [1.165, 1.54) is 6.42 Å². The Balaban J connectivity index is 1.66. The minimum atomic E-state index is -0.361. The van der Waals surface area contributed by atoms with Crippen LogP contribution in [-0.2, 0) is 9.47 Å². The zero-order valence-corrected chi connectivity index (χ0v) is 12.0. The van der Waals surface area contributed by atoms with Crippen molar-refractivity contribution in [2.75, 3.05) is 12.3 Å². The van der Waals surface area contributed by atoms with E-state index in [1.807, 2.05) is 0 Å². The van der Waals surface area contributed by atoms with Crippen LogP contribution in [0.1, 0.15) is 42.5 Å². The number of nitrogens with two attached hydrogens (primary N) is 1. The first kappa shape index (κ1) is 13.7. The molecule has 1 saturated heterocycles. The number of benzene rings is 1. The number of nitrogen functional groups attached to an aromatic ring is 1. The molecule has 0 bridgehead atoms. The first-order chi connectivity index (χ1) is 9.56. The largest absolute Gasteiger partial charge is 0.459 e. The molecule has 20 heavy (non-hydrogen) atoms. The van der Waals surface area contributed by atoms with Gasteiger partial charge in [0.1, 0.15) is 6.10 Å². The molecule has 0 radical (unpaired) electrons. The average molecular weight is 296 g/mol. The number of ether oxygens (including phenoxy) is 2. The third-order valence-electron chi connectivity index (χ3n) is 4.14. The van der Waals surface area contributed by atoms with Crippen LogP contribution in [0, 0.1) is 0 Å². The molecule has 1 unspecified atom stereocenters. The SMILES string of the molecule is Nc1cc(Cl)cc(C(=O)OC2CCOC3(CCC3)C2)c1. The van der Waals surface area contributed by atoms with Crippen LogP contribution in [0.2, 0.25) is 5.02 Å². The molecule has 1 aromatic rings. The van der Waals surface area contributed by atoms with Crippen molar-refractivity contribution in [2.45, 2.75) is 43.8 Å². The Labute approximate surface area is 123 Å². The fourth-order valence-electron chi connectivity index (χ4n) is 2.95. The molecule has 3 rings (SSSR count). The molecule has 4 nitrogen and oxygen atoms in total. The van der Waals surface area contributed by atoms with Crippen LogP contribution in [0.5, 0.6) is 0 Å². The quantitative estimate of drug-likeness (QED) is 0.672. The second-order valence-corrected chi connectivity index (χ2v) is 6.11. The Hall–Kier alpha value is -1.26. The Morgan fingerprint density at radius 1 is 1.40 bits per heavy atom. The fraction of sp³-hybridized carbons (Fsp3) is 0.533. The molecule has 2 fully saturated rings. The summed E-state index contributed by atoms with van der Waals surface area (Å²) >= 11 is 5.91. The minimum Gasteiger partial charge on any atom is -0.459 e. The predicted molar refractivity (Wildman–Crippen MR) is 76.8 cm³/mol. The van der Waals surface area contributed by atoms with Crippen molar-refractivity contribution in [3.63, 3.8) is 0 Å². The summed E-state index contributed by atoms with van der Waals surface area (Å²) in [5.74, 6) is -0.361. The van der Waals surface area contributed by atoms with Gasteiger partial charge in [-0.3, -0.25) is 0 Å². The summed E-state index contributed by atoms with van der Waals surface area (Å²) in [4.78, 5) is 12.2. The number of hydrogen-bond donors (Lipinski definition) is 1. The molecular formula is C15H18ClNO3. The van der Waals surface area contributed by atoms with Gasteiger partial charge in [-0.05, 0) is 37.5 Å². The van der Waals surface area contributed by atoms with Crippen LogP contribution in [0.4, 0.5) is 5.69 Å². The van der Waals surface area contributed by atoms with Crippen molar-refractivity contribution in [3.8, 4) is 0 Å². The highest BCUT2D eigenvalue weighted by Gasteiger charge is 2.43. The molecule has 5 heteroatoms. The van der Waals surface area contributed by atoms with Crippen LogP contribution in [-0.4, -0.2) is 24.3 Å². The van der Waals surface area contributed by atoms with E-state index in [0.717, 1.165) is 25.7 Å². The lowest BCUT2D eigenvalue weighted by Crippen LogP contribution is -2.48. The third kappa shape index (κ3) is 2.76. The van der Waals surface area contributed by atoms with Gasteiger partial charge in [0, 0.05) is 23.6 Å². The van der Waals surface area contributed by atoms with E-state index in [0.29, 0.717) is 22.9 Å². The van der Waals surface area contributed by atoms with E-state index >= 15 is 0 Å². The van der Waals surface area contributed by atoms with Gasteiger partial charge in [-0.1, -0.05) is 11.6 Å². The fourth-order valence-corrected chi connectivity index (χ4v) is 3.20. The smallest absolute Gasteiger partial charge is 0.338 e. The molecule has 1 aliphatic carbocycles. The van der Waals surface area contributed by atoms with Gasteiger partial charge in [0.25, 0.3) is 0 Å². The standard InChI is InChI=1S/C15H18ClNO3/c16-11-6-10(7-12(17)8-11)14(18)20-13-2-5-19-15(9-13)3-1-4-15/h6-8,13H,1-5,9,17H2. The van der Waals surface area contributed by atoms with E-state index in [9.17, 15) is 4.79 Å². The summed E-state index contributed by atoms with van der Waals surface area (Å²) in [6.07, 6.45) is 4.83. The second kappa shape index (κ2) is 5.26. The van der Waals surface area contributed by atoms with Crippen LogP contribution in [0.25, 0.3) is 0 Å². The lowest BCUT2D eigenvalue weighted by molar-refractivity contribution is -0.159. The van der Waals surface area contributed by atoms with Gasteiger partial charge in [-0.25, -0.2) is 4.79 Å². The minimum absolute atomic E-state index is 0.0312. The molecule has 1 spiro atoms. The van der Waals surface area contributed by atoms with Crippen LogP contribution in [0.3, 0.4) is 0 Å². The van der Waals surface area contributed by atoms with E-state index in [1.54, 1.807) is 18.2 Å². The number of carbonyl (C=O) groups excluding carboxylic acids is 1. The summed E-state index contributed by atoms with van der Waals surface area (Å²) in [5, 5.41) is 0.444. The summed E-state index contributed by atoms with van der Waals surface area (Å²) in [6, 6.07) is 4.78. The van der Waals surface area contributed by atoms with Crippen LogP contribution in [0.15, 0.2) is 18.2 Å². The zero-order chi connectivity index (χ0) is 14.2. The first-order valence-corrected chi connectivity index (χ1v) is 7.35. The summed E-state index contributed by atoms with van der Waals surface area (Å²) in [6.45, 7) is 0.662. The van der Waals surface area contributed by atoms with Gasteiger partial charge in [-0.15, -0.1) is 0 Å². The molecule has 2 aliphatic rings. The molecule has 108 valence electrons. The van der Waals surface area contributed by atoms with Gasteiger partial charge < -0.3 is 15.2 Å². The normalized spacial score (nSPS) is 24.1. The maximum absolute atomic E-state index is 12.2. The Kier molecular flexibility index (Phi) is 3.61. The number of carbonyl (C=O) groups is 1. The second-order valence-electron chi connectivity index (χ2n) is 5.68. The van der Waals surface area contributed by atoms with Gasteiger partial charge in [0.05, 0.1) is 17.8 Å². The summed E-state index contributed by atoms with van der Waals surface area (Å²) in [7, 11) is 0. The lowest BCUT2D eigenvalue weighted by Gasteiger charge is -2.46. The van der Waals surface area contributed by atoms with Gasteiger partial charge >= 0.3 is 5.97 Å². The average Bonchev–Trinajstić information content (AvgIpc) is 2.36. The van der Waals surface area contributed by atoms with E-state index in [2.05, 4.69) is 0 Å². The third-order valence-corrected chi connectivity index (χ3v) is 4.36. The molecular weight excluding hydrogens is 278 g/mol. The monoisotopic (exact) mass is 295 g/mol. The molecule has 1 aromatic carbocycles. The molecule has 0 amide bonds. The van der Waals surface area contributed by atoms with Crippen molar-refractivity contribution in [1.82, 2.24) is 0 Å². The topological polar surface area (TPSA) is 61.6 Å². The lowest BCUT2D eigenvalue weighted by atomic mass is 9.74.